The Bertz CT molecular complexity index is 944. The number of piperidine rings is 1. The molecule has 2 amide bonds. The van der Waals surface area contributed by atoms with E-state index in [1.165, 1.54) is 6.07 Å². The normalized spacial score (nSPS) is 23.0. The molecule has 1 spiro atoms. The molecule has 0 aromatic heterocycles. The molecule has 2 heterocycles. The number of amides is 2. The van der Waals surface area contributed by atoms with Crippen LogP contribution in [0.15, 0.2) is 18.2 Å². The molecule has 9 heteroatoms. The van der Waals surface area contributed by atoms with E-state index in [2.05, 4.69) is 5.32 Å². The molecule has 6 nitrogen and oxygen atoms in total. The number of alkyl halides is 3. The monoisotopic (exact) mass is 448 g/mol. The van der Waals surface area contributed by atoms with Crippen molar-refractivity contribution in [1.29, 1.82) is 5.26 Å². The van der Waals surface area contributed by atoms with Gasteiger partial charge in [-0.3, -0.25) is 9.59 Å². The molecule has 1 atom stereocenters. The van der Waals surface area contributed by atoms with Crippen LogP contribution in [0.3, 0.4) is 0 Å². The van der Waals surface area contributed by atoms with Crippen LogP contribution < -0.4 is 10.2 Å². The topological polar surface area (TPSA) is 76.4 Å². The Kier molecular flexibility index (Phi) is 5.82. The van der Waals surface area contributed by atoms with Crippen molar-refractivity contribution in [3.05, 3.63) is 29.3 Å². The molecule has 172 valence electrons. The highest BCUT2D eigenvalue weighted by Crippen LogP contribution is 2.47. The molecule has 1 unspecified atom stereocenters. The summed E-state index contributed by atoms with van der Waals surface area (Å²) in [5.41, 5.74) is -1.27. The lowest BCUT2D eigenvalue weighted by molar-refractivity contribution is -0.138. The predicted molar refractivity (Wildman–Crippen MR) is 112 cm³/mol. The first-order chi connectivity index (χ1) is 15.2. The lowest BCUT2D eigenvalue weighted by atomic mass is 9.70. The van der Waals surface area contributed by atoms with Gasteiger partial charge in [-0.25, -0.2) is 0 Å². The van der Waals surface area contributed by atoms with Crippen LogP contribution in [0.4, 0.5) is 18.9 Å². The molecule has 4 rings (SSSR count). The maximum Gasteiger partial charge on any atom is 0.417 e. The van der Waals surface area contributed by atoms with Crippen LogP contribution in [0.25, 0.3) is 0 Å². The molecular formula is C23H27F3N4O2. The van der Waals surface area contributed by atoms with Gasteiger partial charge in [-0.1, -0.05) is 6.42 Å². The molecule has 32 heavy (non-hydrogen) atoms. The Morgan fingerprint density at radius 2 is 1.91 bits per heavy atom. The fourth-order valence-corrected chi connectivity index (χ4v) is 5.36. The van der Waals surface area contributed by atoms with E-state index in [4.69, 9.17) is 5.26 Å². The molecule has 3 fully saturated rings. The number of nitrogens with one attached hydrogen (secondary N) is 1. The van der Waals surface area contributed by atoms with Crippen LogP contribution in [0.1, 0.15) is 43.2 Å². The van der Waals surface area contributed by atoms with Gasteiger partial charge in [0.25, 0.3) is 0 Å². The number of carbonyl (C=O) groups excluding carboxylic acids is 2. The minimum atomic E-state index is -4.60. The van der Waals surface area contributed by atoms with Gasteiger partial charge in [-0.2, -0.15) is 18.4 Å². The Labute approximate surface area is 185 Å². The van der Waals surface area contributed by atoms with Crippen LogP contribution in [0, 0.1) is 28.6 Å². The smallest absolute Gasteiger partial charge is 0.371 e. The van der Waals surface area contributed by atoms with E-state index in [9.17, 15) is 22.8 Å². The Morgan fingerprint density at radius 3 is 2.44 bits per heavy atom. The van der Waals surface area contributed by atoms with E-state index in [1.54, 1.807) is 19.2 Å². The number of halogens is 3. The number of anilines is 1. The van der Waals surface area contributed by atoms with Gasteiger partial charge in [0.05, 0.1) is 23.1 Å². The van der Waals surface area contributed by atoms with E-state index in [0.717, 1.165) is 25.3 Å². The number of nitriles is 1. The summed E-state index contributed by atoms with van der Waals surface area (Å²) in [7, 11) is 1.59. The molecule has 0 radical (unpaired) electrons. The summed E-state index contributed by atoms with van der Waals surface area (Å²) >= 11 is 0. The maximum absolute atomic E-state index is 13.4. The second kappa shape index (κ2) is 8.30. The highest BCUT2D eigenvalue weighted by molar-refractivity contribution is 5.84. The first kappa shape index (κ1) is 22.4. The minimum Gasteiger partial charge on any atom is -0.371 e. The summed E-state index contributed by atoms with van der Waals surface area (Å²) in [4.78, 5) is 29.2. The van der Waals surface area contributed by atoms with Gasteiger partial charge in [0.15, 0.2) is 0 Å². The zero-order chi connectivity index (χ0) is 23.1. The SMILES string of the molecule is CNC(=O)C1CN(C(=O)C2CCC2)CC12CCN(c1ccc(C#N)c(C(F)(F)F)c1)CC2. The van der Waals surface area contributed by atoms with E-state index < -0.39 is 17.3 Å². The minimum absolute atomic E-state index is 0.0648. The number of likely N-dealkylation sites (tertiary alicyclic amines) is 1. The van der Waals surface area contributed by atoms with E-state index in [0.29, 0.717) is 44.7 Å². The summed E-state index contributed by atoms with van der Waals surface area (Å²) in [5.74, 6) is -0.202. The number of hydrogen-bond donors (Lipinski definition) is 1. The van der Waals surface area contributed by atoms with Gasteiger partial charge in [0.2, 0.25) is 11.8 Å². The molecule has 1 aromatic rings. The number of nitrogens with zero attached hydrogens (tertiary/aromatic N) is 3. The van der Waals surface area contributed by atoms with Gasteiger partial charge in [0.1, 0.15) is 0 Å². The molecule has 0 bridgehead atoms. The average Bonchev–Trinajstić information content (AvgIpc) is 3.10. The molecule has 1 aromatic carbocycles. The molecule has 1 saturated carbocycles. The van der Waals surface area contributed by atoms with Gasteiger partial charge in [0, 0.05) is 50.2 Å². The van der Waals surface area contributed by atoms with Gasteiger partial charge >= 0.3 is 6.18 Å². The van der Waals surface area contributed by atoms with Crippen molar-refractivity contribution >= 4 is 17.5 Å². The van der Waals surface area contributed by atoms with Crippen molar-refractivity contribution < 1.29 is 22.8 Å². The molecule has 1 N–H and O–H groups in total. The van der Waals surface area contributed by atoms with Crippen molar-refractivity contribution in [2.45, 2.75) is 38.3 Å². The zero-order valence-electron chi connectivity index (χ0n) is 18.0. The number of benzene rings is 1. The average molecular weight is 448 g/mol. The molecule has 1 aliphatic carbocycles. The van der Waals surface area contributed by atoms with Crippen LogP contribution in [-0.4, -0.2) is 49.9 Å². The van der Waals surface area contributed by atoms with Crippen molar-refractivity contribution in [3.8, 4) is 6.07 Å². The van der Waals surface area contributed by atoms with Crippen LogP contribution in [0.5, 0.6) is 0 Å². The molecule has 2 aliphatic heterocycles. The van der Waals surface area contributed by atoms with Crippen LogP contribution >= 0.6 is 0 Å². The molecule has 2 saturated heterocycles. The summed E-state index contributed by atoms with van der Waals surface area (Å²) in [6.07, 6.45) is -0.506. The second-order valence-electron chi connectivity index (χ2n) is 9.20. The fourth-order valence-electron chi connectivity index (χ4n) is 5.36. The zero-order valence-corrected chi connectivity index (χ0v) is 18.0. The lowest BCUT2D eigenvalue weighted by Gasteiger charge is -2.43. The van der Waals surface area contributed by atoms with Gasteiger partial charge in [-0.15, -0.1) is 0 Å². The largest absolute Gasteiger partial charge is 0.417 e. The first-order valence-corrected chi connectivity index (χ1v) is 11.1. The quantitative estimate of drug-likeness (QED) is 0.771. The van der Waals surface area contributed by atoms with Crippen molar-refractivity contribution in [1.82, 2.24) is 10.2 Å². The van der Waals surface area contributed by atoms with E-state index >= 15 is 0 Å². The Hall–Kier alpha value is -2.76. The molecular weight excluding hydrogens is 421 g/mol. The number of hydrogen-bond acceptors (Lipinski definition) is 4. The maximum atomic E-state index is 13.4. The van der Waals surface area contributed by atoms with Crippen molar-refractivity contribution in [2.24, 2.45) is 17.3 Å². The summed E-state index contributed by atoms with van der Waals surface area (Å²) in [6.45, 7) is 1.91. The van der Waals surface area contributed by atoms with Gasteiger partial charge in [-0.05, 0) is 43.9 Å². The van der Waals surface area contributed by atoms with Crippen molar-refractivity contribution in [2.75, 3.05) is 38.1 Å². The summed E-state index contributed by atoms with van der Waals surface area (Å²) in [6, 6.07) is 5.40. The summed E-state index contributed by atoms with van der Waals surface area (Å²) in [5, 5.41) is 11.8. The van der Waals surface area contributed by atoms with E-state index in [-0.39, 0.29) is 29.1 Å². The van der Waals surface area contributed by atoms with Crippen LogP contribution in [-0.2, 0) is 15.8 Å². The highest BCUT2D eigenvalue weighted by Gasteiger charge is 2.53. The highest BCUT2D eigenvalue weighted by atomic mass is 19.4. The standard InChI is InChI=1S/C23H27F3N4O2/c1-28-20(31)19-13-30(21(32)15-3-2-4-15)14-22(19)7-9-29(10-8-22)17-6-5-16(12-27)18(11-17)23(24,25)26/h5-6,11,15,19H,2-4,7-10,13-14H2,1H3,(H,28,31). The number of rotatable bonds is 3. The second-order valence-corrected chi connectivity index (χ2v) is 9.20. The number of carbonyl (C=O) groups is 2. The van der Waals surface area contributed by atoms with E-state index in [1.807, 2.05) is 9.80 Å². The third-order valence-corrected chi connectivity index (χ3v) is 7.53. The van der Waals surface area contributed by atoms with Crippen LogP contribution in [0.2, 0.25) is 0 Å². The predicted octanol–water partition coefficient (Wildman–Crippen LogP) is 3.17. The third-order valence-electron chi connectivity index (χ3n) is 7.53. The Balaban J connectivity index is 1.52. The third kappa shape index (κ3) is 3.91. The van der Waals surface area contributed by atoms with Gasteiger partial charge < -0.3 is 15.1 Å². The fraction of sp³-hybridized carbons (Fsp3) is 0.609. The Morgan fingerprint density at radius 1 is 1.22 bits per heavy atom. The summed E-state index contributed by atoms with van der Waals surface area (Å²) < 4.78 is 40.1. The van der Waals surface area contributed by atoms with Crippen molar-refractivity contribution in [3.63, 3.8) is 0 Å². The first-order valence-electron chi connectivity index (χ1n) is 11.1. The molecule has 3 aliphatic rings. The lowest BCUT2D eigenvalue weighted by Crippen LogP contribution is -2.48.